The predicted octanol–water partition coefficient (Wildman–Crippen LogP) is 3.60. The molecule has 0 amide bonds. The van der Waals surface area contributed by atoms with E-state index in [0.717, 1.165) is 13.0 Å². The summed E-state index contributed by atoms with van der Waals surface area (Å²) in [5, 5.41) is 3.52. The second kappa shape index (κ2) is 7.15. The highest BCUT2D eigenvalue weighted by atomic mass is 28.4. The highest BCUT2D eigenvalue weighted by Gasteiger charge is 2.40. The Bertz CT molecular complexity index is 525. The summed E-state index contributed by atoms with van der Waals surface area (Å²) in [6.07, 6.45) is 0.738. The number of esters is 1. The van der Waals surface area contributed by atoms with Crippen molar-refractivity contribution < 1.29 is 14.0 Å². The molecule has 2 atom stereocenters. The molecule has 1 fully saturated rings. The van der Waals surface area contributed by atoms with Crippen molar-refractivity contribution >= 4 is 14.3 Å². The maximum absolute atomic E-state index is 12.2. The molecule has 1 aliphatic heterocycles. The highest BCUT2D eigenvalue weighted by molar-refractivity contribution is 6.74. The van der Waals surface area contributed by atoms with Gasteiger partial charge in [0.25, 0.3) is 0 Å². The monoisotopic (exact) mass is 335 g/mol. The van der Waals surface area contributed by atoms with Crippen LogP contribution in [0.2, 0.25) is 18.1 Å². The number of carbonyl (C=O) groups is 1. The molecular weight excluding hydrogens is 306 g/mol. The molecule has 0 saturated carbocycles. The van der Waals surface area contributed by atoms with Crippen molar-refractivity contribution in [3.05, 3.63) is 35.9 Å². The molecule has 23 heavy (non-hydrogen) atoms. The Labute approximate surface area is 140 Å². The minimum absolute atomic E-state index is 0.109. The zero-order valence-electron chi connectivity index (χ0n) is 14.9. The molecule has 4 nitrogen and oxygen atoms in total. The Morgan fingerprint density at radius 3 is 2.35 bits per heavy atom. The number of nitrogens with one attached hydrogen (secondary N) is 1. The lowest BCUT2D eigenvalue weighted by Crippen LogP contribution is -2.51. The van der Waals surface area contributed by atoms with Gasteiger partial charge in [-0.1, -0.05) is 39.0 Å². The van der Waals surface area contributed by atoms with Crippen molar-refractivity contribution in [3.8, 4) is 0 Å². The fraction of sp³-hybridized carbons (Fsp3) is 0.611. The van der Waals surface area contributed by atoms with Gasteiger partial charge in [-0.3, -0.25) is 0 Å². The van der Waals surface area contributed by atoms with Gasteiger partial charge >= 0.3 is 5.97 Å². The molecule has 0 spiro atoms. The minimum atomic E-state index is -1.81. The topological polar surface area (TPSA) is 47.6 Å². The highest BCUT2D eigenvalue weighted by Crippen LogP contribution is 2.38. The van der Waals surface area contributed by atoms with Gasteiger partial charge in [0.15, 0.2) is 8.32 Å². The third kappa shape index (κ3) is 4.90. The molecule has 0 bridgehead atoms. The zero-order chi connectivity index (χ0) is 17.1. The van der Waals surface area contributed by atoms with Crippen molar-refractivity contribution in [2.24, 2.45) is 0 Å². The molecule has 1 saturated heterocycles. The summed E-state index contributed by atoms with van der Waals surface area (Å²) in [5.41, 5.74) is 0.597. The molecule has 1 aliphatic rings. The van der Waals surface area contributed by atoms with E-state index in [1.165, 1.54) is 0 Å². The van der Waals surface area contributed by atoms with E-state index in [-0.39, 0.29) is 23.2 Å². The van der Waals surface area contributed by atoms with E-state index in [9.17, 15) is 4.79 Å². The molecule has 5 heteroatoms. The quantitative estimate of drug-likeness (QED) is 0.675. The molecule has 0 aromatic heterocycles. The number of ether oxygens (including phenoxy) is 1. The largest absolute Gasteiger partial charge is 0.457 e. The first-order chi connectivity index (χ1) is 10.7. The number of benzene rings is 1. The first-order valence-electron chi connectivity index (χ1n) is 8.33. The summed E-state index contributed by atoms with van der Waals surface area (Å²) in [6, 6.07) is 9.14. The van der Waals surface area contributed by atoms with Crippen molar-refractivity contribution in [3.63, 3.8) is 0 Å². The normalized spacial score (nSPS) is 22.7. The van der Waals surface area contributed by atoms with Crippen molar-refractivity contribution in [2.75, 3.05) is 13.1 Å². The van der Waals surface area contributed by atoms with E-state index >= 15 is 0 Å². The Hall–Kier alpha value is -1.17. The summed E-state index contributed by atoms with van der Waals surface area (Å²) < 4.78 is 12.1. The Balaban J connectivity index is 1.92. The van der Waals surface area contributed by atoms with Crippen LogP contribution in [0.1, 0.15) is 37.6 Å². The second-order valence-corrected chi connectivity index (χ2v) is 12.5. The van der Waals surface area contributed by atoms with Crippen molar-refractivity contribution in [2.45, 2.75) is 57.5 Å². The van der Waals surface area contributed by atoms with Gasteiger partial charge in [0.05, 0.1) is 11.7 Å². The molecule has 128 valence electrons. The molecule has 0 unspecified atom stereocenters. The van der Waals surface area contributed by atoms with Crippen LogP contribution in [-0.4, -0.2) is 39.6 Å². The smallest absolute Gasteiger partial charge is 0.338 e. The average Bonchev–Trinajstić information content (AvgIpc) is 2.47. The van der Waals surface area contributed by atoms with E-state index in [0.29, 0.717) is 12.1 Å². The van der Waals surface area contributed by atoms with Gasteiger partial charge in [-0.2, -0.15) is 0 Å². The van der Waals surface area contributed by atoms with E-state index in [1.807, 2.05) is 18.2 Å². The number of rotatable bonds is 4. The van der Waals surface area contributed by atoms with Crippen LogP contribution >= 0.6 is 0 Å². The lowest BCUT2D eigenvalue weighted by molar-refractivity contribution is 0.00633. The van der Waals surface area contributed by atoms with Gasteiger partial charge in [0.1, 0.15) is 6.10 Å². The van der Waals surface area contributed by atoms with Gasteiger partial charge in [-0.05, 0) is 30.3 Å². The average molecular weight is 336 g/mol. The van der Waals surface area contributed by atoms with Crippen LogP contribution in [0.25, 0.3) is 0 Å². The zero-order valence-corrected chi connectivity index (χ0v) is 15.9. The molecule has 1 aromatic carbocycles. The van der Waals surface area contributed by atoms with Gasteiger partial charge < -0.3 is 14.5 Å². The molecule has 2 rings (SSSR count). The SMILES string of the molecule is CC(C)(C)[Si](C)(C)O[C@H]1CNC[C@@H](OC(=O)c2ccccc2)C1. The third-order valence-electron chi connectivity index (χ3n) is 4.82. The van der Waals surface area contributed by atoms with Crippen molar-refractivity contribution in [1.82, 2.24) is 5.32 Å². The summed E-state index contributed by atoms with van der Waals surface area (Å²) in [7, 11) is -1.81. The van der Waals surface area contributed by atoms with Crippen LogP contribution in [0, 0.1) is 0 Å². The summed E-state index contributed by atoms with van der Waals surface area (Å²) in [5.74, 6) is -0.259. The number of piperidine rings is 1. The van der Waals surface area contributed by atoms with Crippen LogP contribution in [0.15, 0.2) is 30.3 Å². The van der Waals surface area contributed by atoms with Crippen LogP contribution in [0.4, 0.5) is 0 Å². The van der Waals surface area contributed by atoms with Crippen LogP contribution in [-0.2, 0) is 9.16 Å². The lowest BCUT2D eigenvalue weighted by Gasteiger charge is -2.41. The van der Waals surface area contributed by atoms with Gasteiger partial charge in [-0.15, -0.1) is 0 Å². The molecule has 1 N–H and O–H groups in total. The Morgan fingerprint density at radius 2 is 1.74 bits per heavy atom. The number of hydrogen-bond acceptors (Lipinski definition) is 4. The van der Waals surface area contributed by atoms with Crippen LogP contribution < -0.4 is 5.32 Å². The van der Waals surface area contributed by atoms with Crippen LogP contribution in [0.5, 0.6) is 0 Å². The molecule has 1 aromatic rings. The third-order valence-corrected chi connectivity index (χ3v) is 9.36. The summed E-state index contributed by atoms with van der Waals surface area (Å²) in [6.45, 7) is 12.7. The Kier molecular flexibility index (Phi) is 5.65. The van der Waals surface area contributed by atoms with Crippen LogP contribution in [0.3, 0.4) is 0 Å². The van der Waals surface area contributed by atoms with E-state index < -0.39 is 8.32 Å². The maximum Gasteiger partial charge on any atom is 0.338 e. The fourth-order valence-corrected chi connectivity index (χ4v) is 3.80. The van der Waals surface area contributed by atoms with Gasteiger partial charge in [0, 0.05) is 19.5 Å². The predicted molar refractivity (Wildman–Crippen MR) is 95.2 cm³/mol. The Morgan fingerprint density at radius 1 is 1.13 bits per heavy atom. The maximum atomic E-state index is 12.2. The van der Waals surface area contributed by atoms with E-state index in [4.69, 9.17) is 9.16 Å². The summed E-state index contributed by atoms with van der Waals surface area (Å²) in [4.78, 5) is 12.2. The van der Waals surface area contributed by atoms with E-state index in [1.54, 1.807) is 12.1 Å². The lowest BCUT2D eigenvalue weighted by atomic mass is 10.1. The standard InChI is InChI=1S/C18H29NO3Si/c1-18(2,3)23(4,5)22-16-11-15(12-19-13-16)21-17(20)14-9-7-6-8-10-14/h6-10,15-16,19H,11-13H2,1-5H3/t15-,16+/m0/s1. The van der Waals surface area contributed by atoms with E-state index in [2.05, 4.69) is 39.2 Å². The fourth-order valence-electron chi connectivity index (χ4n) is 2.43. The molecule has 0 aliphatic carbocycles. The first-order valence-corrected chi connectivity index (χ1v) is 11.2. The van der Waals surface area contributed by atoms with Gasteiger partial charge in [0.2, 0.25) is 0 Å². The number of carbonyl (C=O) groups excluding carboxylic acids is 1. The first kappa shape index (κ1) is 18.2. The van der Waals surface area contributed by atoms with Crippen molar-refractivity contribution in [1.29, 1.82) is 0 Å². The molecular formula is C18H29NO3Si. The summed E-state index contributed by atoms with van der Waals surface area (Å²) >= 11 is 0. The second-order valence-electron chi connectivity index (χ2n) is 7.79. The minimum Gasteiger partial charge on any atom is -0.457 e. The number of hydrogen-bond donors (Lipinski definition) is 1. The molecule has 1 heterocycles. The molecule has 0 radical (unpaired) electrons. The van der Waals surface area contributed by atoms with Gasteiger partial charge in [-0.25, -0.2) is 4.79 Å².